The molecule has 4 aliphatic rings. The third-order valence-corrected chi connectivity index (χ3v) is 6.55. The summed E-state index contributed by atoms with van der Waals surface area (Å²) in [5.74, 6) is 3.23. The van der Waals surface area contributed by atoms with E-state index < -0.39 is 0 Å². The minimum atomic E-state index is -0.146. The van der Waals surface area contributed by atoms with E-state index in [9.17, 15) is 4.79 Å². The Morgan fingerprint density at radius 2 is 1.74 bits per heavy atom. The zero-order valence-corrected chi connectivity index (χ0v) is 15.3. The summed E-state index contributed by atoms with van der Waals surface area (Å²) >= 11 is 8.80. The molecule has 0 unspecified atom stereocenters. The van der Waals surface area contributed by atoms with Crippen LogP contribution in [-0.2, 0) is 0 Å². The summed E-state index contributed by atoms with van der Waals surface area (Å²) in [5.41, 5.74) is 0.619. The molecule has 5 rings (SSSR count). The summed E-state index contributed by atoms with van der Waals surface area (Å²) in [6.07, 6.45) is 6.81. The van der Waals surface area contributed by atoms with E-state index in [1.54, 1.807) is 12.1 Å². The van der Waals surface area contributed by atoms with Crippen LogP contribution in [0, 0.1) is 23.7 Å². The van der Waals surface area contributed by atoms with E-state index in [4.69, 9.17) is 12.2 Å². The molecule has 4 bridgehead atoms. The molecule has 2 N–H and O–H groups in total. The molecular formula is C18H21BrN2OS. The number of amides is 1. The molecule has 4 aliphatic carbocycles. The van der Waals surface area contributed by atoms with E-state index in [0.29, 0.717) is 16.7 Å². The first-order valence-electron chi connectivity index (χ1n) is 8.46. The van der Waals surface area contributed by atoms with Crippen LogP contribution in [0.25, 0.3) is 0 Å². The summed E-state index contributed by atoms with van der Waals surface area (Å²) in [5, 5.41) is 6.79. The van der Waals surface area contributed by atoms with Crippen molar-refractivity contribution in [3.63, 3.8) is 0 Å². The van der Waals surface area contributed by atoms with Gasteiger partial charge in [-0.1, -0.05) is 22.0 Å². The summed E-state index contributed by atoms with van der Waals surface area (Å²) < 4.78 is 0.894. The van der Waals surface area contributed by atoms with Gasteiger partial charge in [0.2, 0.25) is 0 Å². The predicted octanol–water partition coefficient (Wildman–Crippen LogP) is 3.88. The Balaban J connectivity index is 1.38. The monoisotopic (exact) mass is 392 g/mol. The first-order chi connectivity index (χ1) is 11.1. The lowest BCUT2D eigenvalue weighted by Gasteiger charge is -2.54. The van der Waals surface area contributed by atoms with Crippen LogP contribution in [0.2, 0.25) is 0 Å². The fourth-order valence-electron chi connectivity index (χ4n) is 5.15. The number of thiocarbonyl (C=S) groups is 1. The third-order valence-electron chi connectivity index (χ3n) is 5.84. The molecule has 0 radical (unpaired) electrons. The Kier molecular flexibility index (Phi) is 4.18. The maximum absolute atomic E-state index is 12.3. The molecule has 5 heteroatoms. The van der Waals surface area contributed by atoms with Crippen LogP contribution in [0.1, 0.15) is 42.5 Å². The second-order valence-electron chi connectivity index (χ2n) is 7.39. The van der Waals surface area contributed by atoms with Crippen molar-refractivity contribution in [3.8, 4) is 0 Å². The minimum Gasteiger partial charge on any atom is -0.359 e. The Morgan fingerprint density at radius 1 is 1.09 bits per heavy atom. The average Bonchev–Trinajstić information content (AvgIpc) is 2.50. The zero-order valence-electron chi connectivity index (χ0n) is 12.9. The number of rotatable bonds is 2. The number of hydrogen-bond acceptors (Lipinski definition) is 2. The lowest BCUT2D eigenvalue weighted by molar-refractivity contribution is -0.00692. The van der Waals surface area contributed by atoms with Gasteiger partial charge in [0.25, 0.3) is 5.91 Å². The van der Waals surface area contributed by atoms with Crippen LogP contribution in [0.4, 0.5) is 0 Å². The summed E-state index contributed by atoms with van der Waals surface area (Å²) in [7, 11) is 0. The number of halogens is 1. The van der Waals surface area contributed by atoms with Gasteiger partial charge in [-0.15, -0.1) is 0 Å². The molecule has 3 nitrogen and oxygen atoms in total. The molecule has 0 spiro atoms. The van der Waals surface area contributed by atoms with Gasteiger partial charge in [0.15, 0.2) is 5.11 Å². The minimum absolute atomic E-state index is 0.146. The molecular weight excluding hydrogens is 372 g/mol. The van der Waals surface area contributed by atoms with Gasteiger partial charge in [0.05, 0.1) is 0 Å². The van der Waals surface area contributed by atoms with Crippen molar-refractivity contribution >= 4 is 39.2 Å². The first kappa shape index (κ1) is 15.6. The second-order valence-corrected chi connectivity index (χ2v) is 8.72. The standard InChI is InChI=1S/C18H21BrN2OS/c19-15-3-1-2-12(9-15)17(22)21-18(23)20-16-13-5-10-4-11(7-13)8-14(16)6-10/h1-3,9-11,13-14,16H,4-8H2,(H2,20,21,22,23). The van der Waals surface area contributed by atoms with Gasteiger partial charge < -0.3 is 5.32 Å². The Labute approximate surface area is 150 Å². The van der Waals surface area contributed by atoms with Gasteiger partial charge >= 0.3 is 0 Å². The average molecular weight is 393 g/mol. The summed E-state index contributed by atoms with van der Waals surface area (Å²) in [6, 6.07) is 7.82. The Morgan fingerprint density at radius 3 is 2.35 bits per heavy atom. The van der Waals surface area contributed by atoms with Crippen molar-refractivity contribution in [3.05, 3.63) is 34.3 Å². The molecule has 122 valence electrons. The van der Waals surface area contributed by atoms with E-state index >= 15 is 0 Å². The van der Waals surface area contributed by atoms with Gasteiger partial charge in [-0.2, -0.15) is 0 Å². The van der Waals surface area contributed by atoms with Crippen LogP contribution in [0.15, 0.2) is 28.7 Å². The highest BCUT2D eigenvalue weighted by atomic mass is 79.9. The third kappa shape index (κ3) is 3.18. The number of carbonyl (C=O) groups is 1. The highest BCUT2D eigenvalue weighted by Crippen LogP contribution is 2.53. The lowest BCUT2D eigenvalue weighted by Crippen LogP contribution is -2.57. The fourth-order valence-corrected chi connectivity index (χ4v) is 5.78. The van der Waals surface area contributed by atoms with Crippen molar-refractivity contribution in [2.45, 2.75) is 38.1 Å². The van der Waals surface area contributed by atoms with E-state index in [1.807, 2.05) is 12.1 Å². The van der Waals surface area contributed by atoms with E-state index in [-0.39, 0.29) is 5.91 Å². The quantitative estimate of drug-likeness (QED) is 0.750. The van der Waals surface area contributed by atoms with Gasteiger partial charge in [0.1, 0.15) is 0 Å². The number of benzene rings is 1. The van der Waals surface area contributed by atoms with Gasteiger partial charge in [-0.3, -0.25) is 10.1 Å². The van der Waals surface area contributed by atoms with Gasteiger partial charge in [-0.25, -0.2) is 0 Å². The van der Waals surface area contributed by atoms with Crippen molar-refractivity contribution in [1.29, 1.82) is 0 Å². The molecule has 1 aromatic rings. The topological polar surface area (TPSA) is 41.1 Å². The number of nitrogens with one attached hydrogen (secondary N) is 2. The van der Waals surface area contributed by atoms with Crippen LogP contribution < -0.4 is 10.6 Å². The van der Waals surface area contributed by atoms with Crippen molar-refractivity contribution < 1.29 is 4.79 Å². The van der Waals surface area contributed by atoms with E-state index in [2.05, 4.69) is 26.6 Å². The first-order valence-corrected chi connectivity index (χ1v) is 9.66. The summed E-state index contributed by atoms with van der Waals surface area (Å²) in [4.78, 5) is 12.3. The molecule has 0 atom stereocenters. The molecule has 1 aromatic carbocycles. The molecule has 23 heavy (non-hydrogen) atoms. The fraction of sp³-hybridized carbons (Fsp3) is 0.556. The highest BCUT2D eigenvalue weighted by molar-refractivity contribution is 9.10. The van der Waals surface area contributed by atoms with E-state index in [0.717, 1.165) is 28.1 Å². The van der Waals surface area contributed by atoms with E-state index in [1.165, 1.54) is 32.1 Å². The SMILES string of the molecule is O=C(NC(=S)NC1C2CC3CC(C2)CC1C3)c1cccc(Br)c1. The zero-order chi connectivity index (χ0) is 16.0. The largest absolute Gasteiger partial charge is 0.359 e. The smallest absolute Gasteiger partial charge is 0.257 e. The lowest BCUT2D eigenvalue weighted by atomic mass is 9.54. The molecule has 0 aromatic heterocycles. The van der Waals surface area contributed by atoms with Crippen LogP contribution in [-0.4, -0.2) is 17.1 Å². The molecule has 0 saturated heterocycles. The van der Waals surface area contributed by atoms with Crippen molar-refractivity contribution in [1.82, 2.24) is 10.6 Å². The second kappa shape index (κ2) is 6.17. The van der Waals surface area contributed by atoms with Crippen LogP contribution in [0.5, 0.6) is 0 Å². The van der Waals surface area contributed by atoms with Gasteiger partial charge in [0, 0.05) is 16.1 Å². The number of carbonyl (C=O) groups excluding carboxylic acids is 1. The van der Waals surface area contributed by atoms with Crippen molar-refractivity contribution in [2.24, 2.45) is 23.7 Å². The van der Waals surface area contributed by atoms with Crippen molar-refractivity contribution in [2.75, 3.05) is 0 Å². The number of hydrogen-bond donors (Lipinski definition) is 2. The Hall–Kier alpha value is -0.940. The Bertz CT molecular complexity index is 620. The molecule has 0 aliphatic heterocycles. The van der Waals surface area contributed by atoms with Gasteiger partial charge in [-0.05, 0) is 86.2 Å². The molecule has 1 amide bonds. The van der Waals surface area contributed by atoms with Crippen LogP contribution >= 0.6 is 28.1 Å². The maximum atomic E-state index is 12.3. The summed E-state index contributed by atoms with van der Waals surface area (Å²) in [6.45, 7) is 0. The highest BCUT2D eigenvalue weighted by Gasteiger charge is 2.48. The molecule has 4 saturated carbocycles. The normalized spacial score (nSPS) is 34.2. The maximum Gasteiger partial charge on any atom is 0.257 e. The molecule has 0 heterocycles. The van der Waals surface area contributed by atoms with Crippen LogP contribution in [0.3, 0.4) is 0 Å². The molecule has 4 fully saturated rings. The predicted molar refractivity (Wildman–Crippen MR) is 98.2 cm³/mol.